The van der Waals surface area contributed by atoms with Gasteiger partial charge in [-0.05, 0) is 24.3 Å². The minimum atomic E-state index is -0.288. The average molecular weight is 285 g/mol. The van der Waals surface area contributed by atoms with Crippen LogP contribution >= 0.6 is 22.9 Å². The number of alkyl halides is 1. The Balaban J connectivity index is 2.23. The van der Waals surface area contributed by atoms with Crippen LogP contribution in [-0.4, -0.2) is 23.7 Å². The van der Waals surface area contributed by atoms with E-state index < -0.39 is 0 Å². The van der Waals surface area contributed by atoms with Crippen molar-refractivity contribution in [3.05, 3.63) is 41.2 Å². The summed E-state index contributed by atoms with van der Waals surface area (Å²) in [6, 6.07) is 6.06. The van der Waals surface area contributed by atoms with E-state index >= 15 is 0 Å². The Morgan fingerprint density at radius 2 is 2.11 bits per heavy atom. The highest BCUT2D eigenvalue weighted by molar-refractivity contribution is 7.14. The maximum atomic E-state index is 12.8. The van der Waals surface area contributed by atoms with Gasteiger partial charge < -0.3 is 4.90 Å². The number of ketones is 1. The van der Waals surface area contributed by atoms with Crippen LogP contribution in [0.3, 0.4) is 0 Å². The highest BCUT2D eigenvalue weighted by atomic mass is 35.5. The Labute approximate surface area is 113 Å². The van der Waals surface area contributed by atoms with Crippen molar-refractivity contribution >= 4 is 39.5 Å². The van der Waals surface area contributed by atoms with Crippen LogP contribution in [0.4, 0.5) is 15.2 Å². The molecule has 0 N–H and O–H groups in total. The summed E-state index contributed by atoms with van der Waals surface area (Å²) in [5.41, 5.74) is 1.16. The summed E-state index contributed by atoms with van der Waals surface area (Å²) < 4.78 is 12.8. The van der Waals surface area contributed by atoms with Gasteiger partial charge in [-0.25, -0.2) is 9.37 Å². The third-order valence-corrected chi connectivity index (χ3v) is 3.56. The molecular formula is C12H10ClFN2OS. The summed E-state index contributed by atoms with van der Waals surface area (Å²) in [6.45, 7) is 0. The highest BCUT2D eigenvalue weighted by Gasteiger charge is 2.13. The lowest BCUT2D eigenvalue weighted by molar-refractivity contribution is 0.101. The Morgan fingerprint density at radius 1 is 1.44 bits per heavy atom. The van der Waals surface area contributed by atoms with Crippen LogP contribution in [0.15, 0.2) is 29.6 Å². The number of Topliss-reactive ketones (excluding diaryl/α,β-unsaturated/α-hetero) is 1. The Kier molecular flexibility index (Phi) is 3.93. The normalized spacial score (nSPS) is 10.4. The van der Waals surface area contributed by atoms with Crippen molar-refractivity contribution in [2.24, 2.45) is 0 Å². The van der Waals surface area contributed by atoms with Gasteiger partial charge in [-0.2, -0.15) is 0 Å². The van der Waals surface area contributed by atoms with Gasteiger partial charge in [0.05, 0.1) is 5.88 Å². The van der Waals surface area contributed by atoms with Crippen LogP contribution in [0.5, 0.6) is 0 Å². The molecule has 3 nitrogen and oxygen atoms in total. The molecule has 0 saturated heterocycles. The van der Waals surface area contributed by atoms with E-state index in [-0.39, 0.29) is 17.5 Å². The van der Waals surface area contributed by atoms with Gasteiger partial charge in [0.25, 0.3) is 0 Å². The van der Waals surface area contributed by atoms with Gasteiger partial charge in [0.1, 0.15) is 11.5 Å². The first-order valence-corrected chi connectivity index (χ1v) is 6.57. The zero-order chi connectivity index (χ0) is 13.1. The molecule has 6 heteroatoms. The predicted molar refractivity (Wildman–Crippen MR) is 71.6 cm³/mol. The average Bonchev–Trinajstić information content (AvgIpc) is 2.87. The largest absolute Gasteiger partial charge is 0.321 e. The van der Waals surface area contributed by atoms with Crippen molar-refractivity contribution in [3.63, 3.8) is 0 Å². The standard InChI is InChI=1S/C12H10ClFN2OS/c1-16(9-4-2-8(14)3-5-9)12-15-10(7-18-12)11(17)6-13/h2-5,7H,6H2,1H3. The number of rotatable bonds is 4. The number of aromatic nitrogens is 1. The molecule has 0 spiro atoms. The number of carbonyl (C=O) groups is 1. The molecule has 2 aromatic rings. The molecule has 2 rings (SSSR count). The number of anilines is 2. The number of nitrogens with zero attached hydrogens (tertiary/aromatic N) is 2. The minimum Gasteiger partial charge on any atom is -0.321 e. The van der Waals surface area contributed by atoms with Gasteiger partial charge in [-0.3, -0.25) is 4.79 Å². The molecule has 1 heterocycles. The van der Waals surface area contributed by atoms with Crippen molar-refractivity contribution in [3.8, 4) is 0 Å². The van der Waals surface area contributed by atoms with E-state index in [0.29, 0.717) is 10.8 Å². The summed E-state index contributed by atoms with van der Waals surface area (Å²) in [4.78, 5) is 17.4. The predicted octanol–water partition coefficient (Wildman–Crippen LogP) is 3.47. The monoisotopic (exact) mass is 284 g/mol. The van der Waals surface area contributed by atoms with E-state index in [1.54, 1.807) is 29.5 Å². The van der Waals surface area contributed by atoms with E-state index in [1.165, 1.54) is 23.5 Å². The molecule has 94 valence electrons. The number of carbonyl (C=O) groups excluding carboxylic acids is 1. The van der Waals surface area contributed by atoms with Crippen LogP contribution in [0.25, 0.3) is 0 Å². The number of halogens is 2. The SMILES string of the molecule is CN(c1ccc(F)cc1)c1nc(C(=O)CCl)cs1. The first-order valence-electron chi connectivity index (χ1n) is 5.16. The van der Waals surface area contributed by atoms with Crippen LogP contribution in [0.2, 0.25) is 0 Å². The van der Waals surface area contributed by atoms with E-state index in [0.717, 1.165) is 5.69 Å². The second kappa shape index (κ2) is 5.46. The molecule has 0 atom stereocenters. The fourth-order valence-corrected chi connectivity index (χ4v) is 2.34. The van der Waals surface area contributed by atoms with Crippen LogP contribution in [0.1, 0.15) is 10.5 Å². The molecular weight excluding hydrogens is 275 g/mol. The van der Waals surface area contributed by atoms with E-state index in [9.17, 15) is 9.18 Å². The molecule has 0 amide bonds. The lowest BCUT2D eigenvalue weighted by Gasteiger charge is -2.15. The maximum Gasteiger partial charge on any atom is 0.196 e. The van der Waals surface area contributed by atoms with Crippen molar-refractivity contribution in [1.29, 1.82) is 0 Å². The highest BCUT2D eigenvalue weighted by Crippen LogP contribution is 2.27. The number of hydrogen-bond acceptors (Lipinski definition) is 4. The fraction of sp³-hybridized carbons (Fsp3) is 0.167. The third-order valence-electron chi connectivity index (χ3n) is 2.40. The molecule has 0 unspecified atom stereocenters. The summed E-state index contributed by atoms with van der Waals surface area (Å²) in [6.07, 6.45) is 0. The Hall–Kier alpha value is -1.46. The van der Waals surface area contributed by atoms with Gasteiger partial charge in [-0.1, -0.05) is 0 Å². The quantitative estimate of drug-likeness (QED) is 0.637. The van der Waals surface area contributed by atoms with Gasteiger partial charge in [0.15, 0.2) is 10.9 Å². The second-order valence-corrected chi connectivity index (χ2v) is 4.71. The Bertz CT molecular complexity index is 555. The number of benzene rings is 1. The summed E-state index contributed by atoms with van der Waals surface area (Å²) in [5.74, 6) is -0.570. The van der Waals surface area contributed by atoms with Gasteiger partial charge >= 0.3 is 0 Å². The van der Waals surface area contributed by atoms with Crippen molar-refractivity contribution < 1.29 is 9.18 Å². The van der Waals surface area contributed by atoms with Crippen molar-refractivity contribution in [2.45, 2.75) is 0 Å². The first kappa shape index (κ1) is 13.0. The van der Waals surface area contributed by atoms with Crippen molar-refractivity contribution in [2.75, 3.05) is 17.8 Å². The maximum absolute atomic E-state index is 12.8. The van der Waals surface area contributed by atoms with Crippen LogP contribution < -0.4 is 4.90 Å². The summed E-state index contributed by atoms with van der Waals surface area (Å²) in [7, 11) is 1.81. The molecule has 18 heavy (non-hydrogen) atoms. The van der Waals surface area contributed by atoms with Crippen LogP contribution in [0, 0.1) is 5.82 Å². The Morgan fingerprint density at radius 3 is 2.72 bits per heavy atom. The van der Waals surface area contributed by atoms with Gasteiger partial charge in [0, 0.05) is 18.1 Å². The van der Waals surface area contributed by atoms with Gasteiger partial charge in [0.2, 0.25) is 0 Å². The molecule has 0 radical (unpaired) electrons. The molecule has 0 aliphatic rings. The number of hydrogen-bond donors (Lipinski definition) is 0. The molecule has 0 bridgehead atoms. The van der Waals surface area contributed by atoms with E-state index in [2.05, 4.69) is 4.98 Å². The van der Waals surface area contributed by atoms with Gasteiger partial charge in [-0.15, -0.1) is 22.9 Å². The molecule has 0 fully saturated rings. The zero-order valence-corrected chi connectivity index (χ0v) is 11.1. The zero-order valence-electron chi connectivity index (χ0n) is 9.56. The summed E-state index contributed by atoms with van der Waals surface area (Å²) in [5, 5.41) is 2.33. The molecule has 0 aliphatic carbocycles. The topological polar surface area (TPSA) is 33.2 Å². The second-order valence-electron chi connectivity index (χ2n) is 3.61. The van der Waals surface area contributed by atoms with Crippen LogP contribution in [-0.2, 0) is 0 Å². The molecule has 1 aromatic carbocycles. The van der Waals surface area contributed by atoms with Crippen molar-refractivity contribution in [1.82, 2.24) is 4.98 Å². The molecule has 0 saturated carbocycles. The third kappa shape index (κ3) is 2.68. The fourth-order valence-electron chi connectivity index (χ4n) is 1.39. The number of thiazole rings is 1. The lowest BCUT2D eigenvalue weighted by atomic mass is 10.3. The summed E-state index contributed by atoms with van der Waals surface area (Å²) >= 11 is 6.81. The van der Waals surface area contributed by atoms with E-state index in [1.807, 2.05) is 0 Å². The minimum absolute atomic E-state index is 0.0799. The smallest absolute Gasteiger partial charge is 0.196 e. The molecule has 0 aliphatic heterocycles. The van der Waals surface area contributed by atoms with E-state index in [4.69, 9.17) is 11.6 Å². The molecule has 1 aromatic heterocycles. The first-order chi connectivity index (χ1) is 8.61. The lowest BCUT2D eigenvalue weighted by Crippen LogP contribution is -2.10.